The monoisotopic (exact) mass is 447 g/mol. The number of aryl methyl sites for hydroxylation is 1. The smallest absolute Gasteiger partial charge is 0.224 e. The van der Waals surface area contributed by atoms with Gasteiger partial charge in [0.2, 0.25) is 11.8 Å². The summed E-state index contributed by atoms with van der Waals surface area (Å²) in [6.07, 6.45) is 2.03. The maximum absolute atomic E-state index is 12.3. The van der Waals surface area contributed by atoms with Crippen LogP contribution in [0.3, 0.4) is 0 Å². The number of carbonyl (C=O) groups is 2. The molecule has 2 N–H and O–H groups in total. The highest BCUT2D eigenvalue weighted by Gasteiger charge is 2.13. The lowest BCUT2D eigenvalue weighted by atomic mass is 10.2. The number of anilines is 2. The van der Waals surface area contributed by atoms with Gasteiger partial charge in [0.25, 0.3) is 0 Å². The molecule has 0 saturated carbocycles. The van der Waals surface area contributed by atoms with Crippen LogP contribution in [0.2, 0.25) is 10.0 Å². The molecule has 2 amide bonds. The van der Waals surface area contributed by atoms with Crippen molar-refractivity contribution in [2.24, 2.45) is 0 Å². The fourth-order valence-electron chi connectivity index (χ4n) is 2.76. The Morgan fingerprint density at radius 2 is 1.93 bits per heavy atom. The van der Waals surface area contributed by atoms with Gasteiger partial charge in [-0.1, -0.05) is 23.2 Å². The van der Waals surface area contributed by atoms with Crippen LogP contribution in [-0.2, 0) is 16.0 Å². The lowest BCUT2D eigenvalue weighted by Crippen LogP contribution is -2.13. The topological polar surface area (TPSA) is 93.5 Å². The number of oxazole rings is 1. The van der Waals surface area contributed by atoms with Gasteiger partial charge in [0.05, 0.1) is 24.0 Å². The van der Waals surface area contributed by atoms with Crippen molar-refractivity contribution in [1.82, 2.24) is 4.98 Å². The van der Waals surface area contributed by atoms with Crippen LogP contribution in [0.1, 0.15) is 19.2 Å². The lowest BCUT2D eigenvalue weighted by Gasteiger charge is -2.11. The van der Waals surface area contributed by atoms with Crippen LogP contribution in [0.15, 0.2) is 47.0 Å². The Labute approximate surface area is 183 Å². The molecule has 0 bridgehead atoms. The molecule has 0 aliphatic carbocycles. The highest BCUT2D eigenvalue weighted by molar-refractivity contribution is 6.36. The average Bonchev–Trinajstić information content (AvgIpc) is 3.15. The van der Waals surface area contributed by atoms with E-state index in [1.807, 2.05) is 0 Å². The molecule has 3 rings (SSSR count). The molecule has 0 radical (unpaired) electrons. The summed E-state index contributed by atoms with van der Waals surface area (Å²) in [5.74, 6) is 0.953. The third-order valence-corrected chi connectivity index (χ3v) is 4.66. The molecule has 0 atom stereocenters. The van der Waals surface area contributed by atoms with Crippen molar-refractivity contribution in [2.75, 3.05) is 17.7 Å². The highest BCUT2D eigenvalue weighted by Crippen LogP contribution is 2.31. The van der Waals surface area contributed by atoms with E-state index >= 15 is 0 Å². The number of carbonyl (C=O) groups excluding carboxylic acids is 2. The number of nitrogens with zero attached hydrogens (tertiary/aromatic N) is 1. The summed E-state index contributed by atoms with van der Waals surface area (Å²) < 4.78 is 10.9. The van der Waals surface area contributed by atoms with Crippen molar-refractivity contribution < 1.29 is 18.7 Å². The first kappa shape index (κ1) is 21.7. The predicted molar refractivity (Wildman–Crippen MR) is 116 cm³/mol. The second-order valence-corrected chi connectivity index (χ2v) is 7.23. The SMILES string of the molecule is COc1ccc(NC(=O)CCc2ncc(-c3ccc(Cl)cc3Cl)o2)cc1NC(C)=O. The Kier molecular flexibility index (Phi) is 6.97. The van der Waals surface area contributed by atoms with Gasteiger partial charge in [0.1, 0.15) is 5.75 Å². The van der Waals surface area contributed by atoms with E-state index in [9.17, 15) is 9.59 Å². The number of amides is 2. The maximum atomic E-state index is 12.3. The second-order valence-electron chi connectivity index (χ2n) is 6.39. The van der Waals surface area contributed by atoms with E-state index in [0.29, 0.717) is 50.8 Å². The van der Waals surface area contributed by atoms with E-state index in [1.165, 1.54) is 14.0 Å². The maximum Gasteiger partial charge on any atom is 0.224 e. The van der Waals surface area contributed by atoms with Gasteiger partial charge in [-0.15, -0.1) is 0 Å². The van der Waals surface area contributed by atoms with E-state index in [4.69, 9.17) is 32.4 Å². The molecule has 0 unspecified atom stereocenters. The fraction of sp³-hybridized carbons (Fsp3) is 0.190. The molecule has 7 nitrogen and oxygen atoms in total. The van der Waals surface area contributed by atoms with Crippen LogP contribution >= 0.6 is 23.2 Å². The fourth-order valence-corrected chi connectivity index (χ4v) is 3.26. The summed E-state index contributed by atoms with van der Waals surface area (Å²) in [7, 11) is 1.50. The van der Waals surface area contributed by atoms with E-state index in [0.717, 1.165) is 0 Å². The molecular weight excluding hydrogens is 429 g/mol. The van der Waals surface area contributed by atoms with Gasteiger partial charge in [-0.3, -0.25) is 9.59 Å². The van der Waals surface area contributed by atoms with Crippen LogP contribution < -0.4 is 15.4 Å². The van der Waals surface area contributed by atoms with Crippen LogP contribution in [0.4, 0.5) is 11.4 Å². The number of hydrogen-bond donors (Lipinski definition) is 2. The van der Waals surface area contributed by atoms with E-state index in [1.54, 1.807) is 42.6 Å². The summed E-state index contributed by atoms with van der Waals surface area (Å²) in [4.78, 5) is 27.8. The summed E-state index contributed by atoms with van der Waals surface area (Å²) in [5, 5.41) is 6.43. The molecular formula is C21H19Cl2N3O4. The second kappa shape index (κ2) is 9.65. The number of halogens is 2. The van der Waals surface area contributed by atoms with Gasteiger partial charge < -0.3 is 19.8 Å². The Morgan fingerprint density at radius 3 is 2.63 bits per heavy atom. The van der Waals surface area contributed by atoms with Gasteiger partial charge >= 0.3 is 0 Å². The van der Waals surface area contributed by atoms with E-state index < -0.39 is 0 Å². The first-order chi connectivity index (χ1) is 14.4. The van der Waals surface area contributed by atoms with Crippen molar-refractivity contribution in [1.29, 1.82) is 0 Å². The molecule has 9 heteroatoms. The molecule has 2 aromatic carbocycles. The van der Waals surface area contributed by atoms with Crippen LogP contribution in [-0.4, -0.2) is 23.9 Å². The summed E-state index contributed by atoms with van der Waals surface area (Å²) >= 11 is 12.1. The zero-order valence-corrected chi connectivity index (χ0v) is 17.8. The van der Waals surface area contributed by atoms with Crippen molar-refractivity contribution in [3.63, 3.8) is 0 Å². The number of methoxy groups -OCH3 is 1. The van der Waals surface area contributed by atoms with Gasteiger partial charge in [-0.25, -0.2) is 4.98 Å². The Morgan fingerprint density at radius 1 is 1.13 bits per heavy atom. The Balaban J connectivity index is 1.61. The molecule has 0 aliphatic rings. The molecule has 30 heavy (non-hydrogen) atoms. The standard InChI is InChI=1S/C21H19Cl2N3O4/c1-12(27)25-17-10-14(4-6-18(17)29-2)26-20(28)7-8-21-24-11-19(30-21)15-5-3-13(22)9-16(15)23/h3-6,9-11H,7-8H2,1-2H3,(H,25,27)(H,26,28). The molecule has 1 heterocycles. The molecule has 0 saturated heterocycles. The van der Waals surface area contributed by atoms with Gasteiger partial charge in [0.15, 0.2) is 11.7 Å². The minimum absolute atomic E-state index is 0.163. The first-order valence-corrected chi connectivity index (χ1v) is 9.77. The zero-order chi connectivity index (χ0) is 21.7. The number of hydrogen-bond acceptors (Lipinski definition) is 5. The number of ether oxygens (including phenoxy) is 1. The summed E-state index contributed by atoms with van der Waals surface area (Å²) in [6.45, 7) is 1.40. The number of rotatable bonds is 7. The molecule has 156 valence electrons. The van der Waals surface area contributed by atoms with Crippen molar-refractivity contribution in [3.8, 4) is 17.1 Å². The number of aromatic nitrogens is 1. The van der Waals surface area contributed by atoms with Crippen LogP contribution in [0, 0.1) is 0 Å². The Bertz CT molecular complexity index is 1080. The molecule has 3 aromatic rings. The Hall–Kier alpha value is -3.03. The minimum atomic E-state index is -0.239. The zero-order valence-electron chi connectivity index (χ0n) is 16.3. The average molecular weight is 448 g/mol. The van der Waals surface area contributed by atoms with Crippen LogP contribution in [0.5, 0.6) is 5.75 Å². The van der Waals surface area contributed by atoms with Crippen LogP contribution in [0.25, 0.3) is 11.3 Å². The minimum Gasteiger partial charge on any atom is -0.495 e. The van der Waals surface area contributed by atoms with Crippen molar-refractivity contribution in [2.45, 2.75) is 19.8 Å². The van der Waals surface area contributed by atoms with E-state index in [2.05, 4.69) is 15.6 Å². The number of nitrogens with one attached hydrogen (secondary N) is 2. The lowest BCUT2D eigenvalue weighted by molar-refractivity contribution is -0.116. The van der Waals surface area contributed by atoms with E-state index in [-0.39, 0.29) is 18.2 Å². The van der Waals surface area contributed by atoms with Crippen molar-refractivity contribution in [3.05, 3.63) is 58.5 Å². The quantitative estimate of drug-likeness (QED) is 0.519. The molecule has 0 spiro atoms. The molecule has 1 aromatic heterocycles. The highest BCUT2D eigenvalue weighted by atomic mass is 35.5. The van der Waals surface area contributed by atoms with Crippen molar-refractivity contribution >= 4 is 46.4 Å². The normalized spacial score (nSPS) is 10.5. The number of benzene rings is 2. The third kappa shape index (κ3) is 5.52. The molecule has 0 aliphatic heterocycles. The van der Waals surface area contributed by atoms with Gasteiger partial charge in [-0.2, -0.15) is 0 Å². The van der Waals surface area contributed by atoms with Gasteiger partial charge in [-0.05, 0) is 36.4 Å². The molecule has 0 fully saturated rings. The van der Waals surface area contributed by atoms with Gasteiger partial charge in [0, 0.05) is 36.0 Å². The largest absolute Gasteiger partial charge is 0.495 e. The summed E-state index contributed by atoms with van der Waals surface area (Å²) in [6, 6.07) is 10.1. The summed E-state index contributed by atoms with van der Waals surface area (Å²) in [5.41, 5.74) is 1.68. The first-order valence-electron chi connectivity index (χ1n) is 9.01. The predicted octanol–water partition coefficient (Wildman–Crippen LogP) is 5.19. The third-order valence-electron chi connectivity index (χ3n) is 4.11.